The highest BCUT2D eigenvalue weighted by Gasteiger charge is 2.15. The predicted molar refractivity (Wildman–Crippen MR) is 122 cm³/mol. The van der Waals surface area contributed by atoms with Crippen LogP contribution in [0.3, 0.4) is 0 Å². The first-order valence-corrected chi connectivity index (χ1v) is 10.7. The average Bonchev–Trinajstić information content (AvgIpc) is 3.25. The number of benzene rings is 1. The van der Waals surface area contributed by atoms with E-state index in [1.54, 1.807) is 24.0 Å². The number of nitrogens with one attached hydrogen (secondary N) is 1. The summed E-state index contributed by atoms with van der Waals surface area (Å²) < 4.78 is 7.00. The van der Waals surface area contributed by atoms with Crippen LogP contribution in [0.15, 0.2) is 47.8 Å². The van der Waals surface area contributed by atoms with Gasteiger partial charge in [-0.25, -0.2) is 20.1 Å². The molecule has 0 aliphatic carbocycles. The number of hydrazone groups is 1. The second-order valence-electron chi connectivity index (χ2n) is 7.80. The Bertz CT molecular complexity index is 1330. The summed E-state index contributed by atoms with van der Waals surface area (Å²) in [5.41, 5.74) is 6.67. The van der Waals surface area contributed by atoms with Gasteiger partial charge in [-0.2, -0.15) is 5.10 Å². The molecule has 0 bridgehead atoms. The molecule has 11 heteroatoms. The average molecular weight is 445 g/mol. The van der Waals surface area contributed by atoms with Gasteiger partial charge in [0.15, 0.2) is 5.65 Å². The Morgan fingerprint density at radius 3 is 2.97 bits per heavy atom. The predicted octanol–water partition coefficient (Wildman–Crippen LogP) is 0.990. The minimum absolute atomic E-state index is 0.178. The topological polar surface area (TPSA) is 123 Å². The molecule has 5 rings (SSSR count). The highest BCUT2D eigenvalue weighted by Crippen LogP contribution is 2.15. The smallest absolute Gasteiger partial charge is 0.254 e. The first-order valence-electron chi connectivity index (χ1n) is 10.7. The molecule has 1 N–H and O–H groups in total. The van der Waals surface area contributed by atoms with Crippen molar-refractivity contribution in [2.24, 2.45) is 5.10 Å². The number of fused-ring (bicyclic) bond motifs is 2. The molecule has 4 aromatic rings. The number of carbonyl (C=O) groups is 1. The lowest BCUT2D eigenvalue weighted by molar-refractivity contribution is -0.123. The maximum absolute atomic E-state index is 12.2. The lowest BCUT2D eigenvalue weighted by Gasteiger charge is -2.25. The van der Waals surface area contributed by atoms with Crippen molar-refractivity contribution in [2.75, 3.05) is 32.8 Å². The lowest BCUT2D eigenvalue weighted by atomic mass is 10.1. The van der Waals surface area contributed by atoms with Crippen molar-refractivity contribution in [3.63, 3.8) is 0 Å². The maximum Gasteiger partial charge on any atom is 0.254 e. The Hall–Kier alpha value is -3.83. The van der Waals surface area contributed by atoms with Gasteiger partial charge in [-0.05, 0) is 30.7 Å². The summed E-state index contributed by atoms with van der Waals surface area (Å²) in [5, 5.41) is 13.6. The summed E-state index contributed by atoms with van der Waals surface area (Å²) in [6.07, 6.45) is 3.36. The van der Waals surface area contributed by atoms with Crippen molar-refractivity contribution in [1.82, 2.24) is 40.3 Å². The summed E-state index contributed by atoms with van der Waals surface area (Å²) in [5.74, 6) is -0.178. The van der Waals surface area contributed by atoms with E-state index in [1.807, 2.05) is 29.2 Å². The molecular weight excluding hydrogens is 422 g/mol. The summed E-state index contributed by atoms with van der Waals surface area (Å²) in [6.45, 7) is 5.31. The van der Waals surface area contributed by atoms with Gasteiger partial charge in [-0.3, -0.25) is 14.7 Å². The molecule has 1 aliphatic rings. The number of ether oxygens (including phenoxy) is 1. The van der Waals surface area contributed by atoms with E-state index in [0.717, 1.165) is 29.6 Å². The van der Waals surface area contributed by atoms with Gasteiger partial charge in [0, 0.05) is 24.7 Å². The summed E-state index contributed by atoms with van der Waals surface area (Å²) in [7, 11) is 0. The zero-order valence-corrected chi connectivity index (χ0v) is 18.2. The molecule has 168 valence electrons. The Balaban J connectivity index is 1.31. The molecule has 4 heterocycles. The Morgan fingerprint density at radius 1 is 1.21 bits per heavy atom. The summed E-state index contributed by atoms with van der Waals surface area (Å²) >= 11 is 0. The van der Waals surface area contributed by atoms with Gasteiger partial charge in [0.1, 0.15) is 5.69 Å². The van der Waals surface area contributed by atoms with Crippen LogP contribution in [0.25, 0.3) is 22.2 Å². The largest absolute Gasteiger partial charge is 0.379 e. The van der Waals surface area contributed by atoms with Gasteiger partial charge in [0.2, 0.25) is 5.65 Å². The molecule has 33 heavy (non-hydrogen) atoms. The quantitative estimate of drug-likeness (QED) is 0.344. The number of hydrogen-bond donors (Lipinski definition) is 1. The summed E-state index contributed by atoms with van der Waals surface area (Å²) in [6, 6.07) is 10.0. The van der Waals surface area contributed by atoms with Crippen LogP contribution in [0.2, 0.25) is 0 Å². The van der Waals surface area contributed by atoms with Gasteiger partial charge in [-0.15, -0.1) is 5.10 Å². The highest BCUT2D eigenvalue weighted by molar-refractivity contribution is 5.98. The van der Waals surface area contributed by atoms with Crippen molar-refractivity contribution in [2.45, 2.75) is 13.5 Å². The zero-order valence-electron chi connectivity index (χ0n) is 18.2. The van der Waals surface area contributed by atoms with Crippen LogP contribution in [0.1, 0.15) is 18.2 Å². The van der Waals surface area contributed by atoms with Gasteiger partial charge in [0.05, 0.1) is 43.7 Å². The number of hydrogen-bond acceptors (Lipinski definition) is 9. The molecule has 1 aliphatic heterocycles. The van der Waals surface area contributed by atoms with Crippen molar-refractivity contribution in [3.8, 4) is 0 Å². The third-order valence-electron chi connectivity index (χ3n) is 5.42. The SMILES string of the molecule is C/C(=N\NC(=O)CN1CCOCC1)c1cnc2nnn(Cc3ccc4ncccc4c3)c2n1. The van der Waals surface area contributed by atoms with Crippen molar-refractivity contribution in [3.05, 3.63) is 54.0 Å². The molecular formula is C22H23N9O2. The van der Waals surface area contributed by atoms with Crippen LogP contribution in [0.5, 0.6) is 0 Å². The number of nitrogens with zero attached hydrogens (tertiary/aromatic N) is 8. The van der Waals surface area contributed by atoms with E-state index in [0.29, 0.717) is 42.5 Å². The Labute approximate surface area is 189 Å². The maximum atomic E-state index is 12.2. The van der Waals surface area contributed by atoms with E-state index in [9.17, 15) is 4.79 Å². The fraction of sp³-hybridized carbons (Fsp3) is 0.318. The lowest BCUT2D eigenvalue weighted by Crippen LogP contribution is -2.42. The van der Waals surface area contributed by atoms with Gasteiger partial charge >= 0.3 is 0 Å². The van der Waals surface area contributed by atoms with E-state index in [4.69, 9.17) is 4.74 Å². The minimum atomic E-state index is -0.178. The molecule has 1 fully saturated rings. The number of morpholine rings is 1. The molecule has 1 saturated heterocycles. The molecule has 0 atom stereocenters. The number of aromatic nitrogens is 6. The van der Waals surface area contributed by atoms with Crippen LogP contribution in [-0.4, -0.2) is 79.3 Å². The normalized spacial score (nSPS) is 15.2. The van der Waals surface area contributed by atoms with Crippen LogP contribution in [0, 0.1) is 0 Å². The number of pyridine rings is 1. The van der Waals surface area contributed by atoms with E-state index in [1.165, 1.54) is 0 Å². The first-order chi connectivity index (χ1) is 16.2. The van der Waals surface area contributed by atoms with E-state index in [2.05, 4.69) is 41.9 Å². The van der Waals surface area contributed by atoms with E-state index < -0.39 is 0 Å². The molecule has 0 unspecified atom stereocenters. The van der Waals surface area contributed by atoms with Crippen molar-refractivity contribution >= 4 is 33.8 Å². The van der Waals surface area contributed by atoms with Crippen molar-refractivity contribution in [1.29, 1.82) is 0 Å². The van der Waals surface area contributed by atoms with Gasteiger partial charge < -0.3 is 4.74 Å². The molecule has 11 nitrogen and oxygen atoms in total. The monoisotopic (exact) mass is 445 g/mol. The Morgan fingerprint density at radius 2 is 2.09 bits per heavy atom. The standard InChI is InChI=1S/C22H23N9O2/c1-15(26-27-20(32)14-30-7-9-33-10-8-30)19-12-24-21-22(25-19)31(29-28-21)13-16-4-5-18-17(11-16)3-2-6-23-18/h2-6,11-12H,7-10,13-14H2,1H3,(H,27,32)/b26-15+. The van der Waals surface area contributed by atoms with Crippen LogP contribution in [-0.2, 0) is 16.1 Å². The van der Waals surface area contributed by atoms with Crippen LogP contribution < -0.4 is 5.43 Å². The second kappa shape index (κ2) is 9.35. The zero-order chi connectivity index (χ0) is 22.6. The van der Waals surface area contributed by atoms with Gasteiger partial charge in [0.25, 0.3) is 5.91 Å². The molecule has 0 radical (unpaired) electrons. The second-order valence-corrected chi connectivity index (χ2v) is 7.80. The number of rotatable bonds is 6. The van der Waals surface area contributed by atoms with E-state index >= 15 is 0 Å². The molecule has 1 aromatic carbocycles. The van der Waals surface area contributed by atoms with Crippen LogP contribution >= 0.6 is 0 Å². The Kier molecular flexibility index (Phi) is 5.96. The fourth-order valence-electron chi connectivity index (χ4n) is 3.63. The third-order valence-corrected chi connectivity index (χ3v) is 5.42. The van der Waals surface area contributed by atoms with Gasteiger partial charge in [-0.1, -0.05) is 17.3 Å². The molecule has 0 spiro atoms. The fourth-order valence-corrected chi connectivity index (χ4v) is 3.63. The van der Waals surface area contributed by atoms with Crippen LogP contribution in [0.4, 0.5) is 0 Å². The molecule has 0 saturated carbocycles. The number of carbonyl (C=O) groups excluding carboxylic acids is 1. The molecule has 1 amide bonds. The number of amides is 1. The third kappa shape index (κ3) is 4.83. The molecule has 3 aromatic heterocycles. The van der Waals surface area contributed by atoms with Crippen molar-refractivity contribution < 1.29 is 9.53 Å². The van der Waals surface area contributed by atoms with E-state index in [-0.39, 0.29) is 12.5 Å². The first kappa shape index (κ1) is 21.0. The highest BCUT2D eigenvalue weighted by atomic mass is 16.5. The minimum Gasteiger partial charge on any atom is -0.379 e. The summed E-state index contributed by atoms with van der Waals surface area (Å²) in [4.78, 5) is 27.6.